The van der Waals surface area contributed by atoms with Gasteiger partial charge >= 0.3 is 0 Å². The highest BCUT2D eigenvalue weighted by Crippen LogP contribution is 2.24. The smallest absolute Gasteiger partial charge is 0.250 e. The highest BCUT2D eigenvalue weighted by Gasteiger charge is 2.26. The molecule has 0 spiro atoms. The van der Waals surface area contributed by atoms with Gasteiger partial charge in [-0.15, -0.1) is 0 Å². The largest absolute Gasteiger partial charge is 0.497 e. The molecule has 0 bridgehead atoms. The Morgan fingerprint density at radius 3 is 2.53 bits per heavy atom. The molecule has 10 heteroatoms. The molecule has 2 rings (SSSR count). The van der Waals surface area contributed by atoms with Gasteiger partial charge in [-0.2, -0.15) is 0 Å². The van der Waals surface area contributed by atoms with Gasteiger partial charge in [0, 0.05) is 19.8 Å². The third-order valence-electron chi connectivity index (χ3n) is 4.89. The maximum absolute atomic E-state index is 13.3. The van der Waals surface area contributed by atoms with Crippen molar-refractivity contribution < 1.29 is 19.1 Å². The van der Waals surface area contributed by atoms with E-state index < -0.39 is 23.9 Å². The summed E-state index contributed by atoms with van der Waals surface area (Å²) in [6, 6.07) is 5.89. The number of nitrogens with two attached hydrogens (primary N) is 1. The molecule has 4 N–H and O–H groups in total. The number of benzene rings is 1. The van der Waals surface area contributed by atoms with E-state index >= 15 is 0 Å². The highest BCUT2D eigenvalue weighted by molar-refractivity contribution is 5.94. The number of rotatable bonds is 11. The lowest BCUT2D eigenvalue weighted by Gasteiger charge is -2.25. The van der Waals surface area contributed by atoms with Crippen LogP contribution in [0.4, 0.5) is 5.82 Å². The lowest BCUT2D eigenvalue weighted by atomic mass is 10.0. The van der Waals surface area contributed by atoms with Gasteiger partial charge in [0.2, 0.25) is 17.7 Å². The zero-order chi connectivity index (χ0) is 23.7. The van der Waals surface area contributed by atoms with Crippen LogP contribution in [0.3, 0.4) is 0 Å². The van der Waals surface area contributed by atoms with E-state index in [0.717, 1.165) is 18.4 Å². The number of likely N-dealkylation sites (N-methyl/N-ethyl adjacent to an activating group) is 1. The number of hydrogen-bond donors (Lipinski definition) is 3. The molecule has 1 aromatic carbocycles. The van der Waals surface area contributed by atoms with E-state index in [1.165, 1.54) is 13.3 Å². The predicted octanol–water partition coefficient (Wildman–Crippen LogP) is 1.14. The third kappa shape index (κ3) is 6.81. The lowest BCUT2D eigenvalue weighted by Crippen LogP contribution is -2.41. The van der Waals surface area contributed by atoms with Crippen LogP contribution in [0.2, 0.25) is 0 Å². The van der Waals surface area contributed by atoms with Gasteiger partial charge in [0.05, 0.1) is 26.0 Å². The molecule has 2 aromatic rings. The van der Waals surface area contributed by atoms with Crippen LogP contribution in [0.1, 0.15) is 38.3 Å². The lowest BCUT2D eigenvalue weighted by molar-refractivity contribution is -0.132. The monoisotopic (exact) mass is 444 g/mol. The maximum Gasteiger partial charge on any atom is 0.250 e. The molecule has 0 aliphatic heterocycles. The Hall–Kier alpha value is -3.40. The van der Waals surface area contributed by atoms with Gasteiger partial charge in [0.15, 0.2) is 5.82 Å². The van der Waals surface area contributed by atoms with Gasteiger partial charge in [-0.25, -0.2) is 4.98 Å². The maximum atomic E-state index is 13.3. The first kappa shape index (κ1) is 24.9. The second kappa shape index (κ2) is 11.8. The molecular weight excluding hydrogens is 412 g/mol. The van der Waals surface area contributed by atoms with Gasteiger partial charge in [0.25, 0.3) is 0 Å². The van der Waals surface area contributed by atoms with Crippen molar-refractivity contribution in [1.29, 1.82) is 0 Å². The summed E-state index contributed by atoms with van der Waals surface area (Å²) in [7, 11) is 3.35. The minimum atomic E-state index is -0.706. The summed E-state index contributed by atoms with van der Waals surface area (Å²) < 4.78 is 6.87. The Morgan fingerprint density at radius 2 is 1.94 bits per heavy atom. The summed E-state index contributed by atoms with van der Waals surface area (Å²) in [5.41, 5.74) is 6.23. The first-order valence-corrected chi connectivity index (χ1v) is 10.5. The van der Waals surface area contributed by atoms with E-state index in [9.17, 15) is 14.4 Å². The predicted molar refractivity (Wildman–Crippen MR) is 121 cm³/mol. The Balaban J connectivity index is 2.20. The SMILES string of the molecule is CCCCN(C)C(=O)C(c1ccc(OC)cc1)n1cnc(NC(=O)CNC(=O)C(C)N)c1. The number of methoxy groups -OCH3 is 1. The minimum Gasteiger partial charge on any atom is -0.497 e. The van der Waals surface area contributed by atoms with Crippen LogP contribution in [0.5, 0.6) is 5.75 Å². The number of aromatic nitrogens is 2. The Morgan fingerprint density at radius 1 is 1.25 bits per heavy atom. The van der Waals surface area contributed by atoms with Crippen molar-refractivity contribution in [3.8, 4) is 5.75 Å². The van der Waals surface area contributed by atoms with Gasteiger partial charge in [-0.05, 0) is 31.0 Å². The first-order valence-electron chi connectivity index (χ1n) is 10.5. The molecule has 0 saturated carbocycles. The van der Waals surface area contributed by atoms with Crippen LogP contribution in [0.25, 0.3) is 0 Å². The minimum absolute atomic E-state index is 0.0944. The summed E-state index contributed by atoms with van der Waals surface area (Å²) >= 11 is 0. The second-order valence-electron chi connectivity index (χ2n) is 7.55. The van der Waals surface area contributed by atoms with Crippen molar-refractivity contribution in [1.82, 2.24) is 19.8 Å². The molecule has 32 heavy (non-hydrogen) atoms. The van der Waals surface area contributed by atoms with E-state index in [2.05, 4.69) is 22.5 Å². The fourth-order valence-electron chi connectivity index (χ4n) is 3.00. The van der Waals surface area contributed by atoms with Crippen LogP contribution in [-0.2, 0) is 14.4 Å². The third-order valence-corrected chi connectivity index (χ3v) is 4.89. The van der Waals surface area contributed by atoms with E-state index in [1.807, 2.05) is 12.1 Å². The van der Waals surface area contributed by atoms with Crippen molar-refractivity contribution >= 4 is 23.5 Å². The molecule has 0 saturated heterocycles. The summed E-state index contributed by atoms with van der Waals surface area (Å²) in [5.74, 6) is -0.00928. The zero-order valence-electron chi connectivity index (χ0n) is 19.0. The molecule has 3 amide bonds. The molecule has 1 aromatic heterocycles. The number of unbranched alkanes of at least 4 members (excludes halogenated alkanes) is 1. The normalized spacial score (nSPS) is 12.5. The molecule has 0 aliphatic rings. The zero-order valence-corrected chi connectivity index (χ0v) is 19.0. The number of ether oxygens (including phenoxy) is 1. The van der Waals surface area contributed by atoms with Crippen molar-refractivity contribution in [2.45, 2.75) is 38.8 Å². The summed E-state index contributed by atoms with van der Waals surface area (Å²) in [6.45, 7) is 4.01. The molecule has 2 unspecified atom stereocenters. The van der Waals surface area contributed by atoms with Crippen LogP contribution >= 0.6 is 0 Å². The van der Waals surface area contributed by atoms with Crippen molar-refractivity contribution in [3.05, 3.63) is 42.4 Å². The quantitative estimate of drug-likeness (QED) is 0.476. The van der Waals surface area contributed by atoms with E-state index in [0.29, 0.717) is 12.3 Å². The van der Waals surface area contributed by atoms with E-state index in [4.69, 9.17) is 10.5 Å². The summed E-state index contributed by atoms with van der Waals surface area (Å²) in [5, 5.41) is 5.05. The standard InChI is InChI=1S/C22H32N6O4/c1-5-6-11-27(3)22(31)20(16-7-9-17(32-4)10-8-16)28-13-18(25-14-28)26-19(29)12-24-21(30)15(2)23/h7-10,13-15,20H,5-6,11-12,23H2,1-4H3,(H,24,30)(H,26,29). The molecule has 2 atom stereocenters. The van der Waals surface area contributed by atoms with E-state index in [-0.39, 0.29) is 18.3 Å². The second-order valence-corrected chi connectivity index (χ2v) is 7.55. The topological polar surface area (TPSA) is 132 Å². The van der Waals surface area contributed by atoms with Crippen LogP contribution in [-0.4, -0.2) is 65.5 Å². The number of carbonyl (C=O) groups excluding carboxylic acids is 3. The molecule has 174 valence electrons. The van der Waals surface area contributed by atoms with Crippen LogP contribution in [0.15, 0.2) is 36.8 Å². The first-order chi connectivity index (χ1) is 15.3. The molecule has 0 fully saturated rings. The fourth-order valence-corrected chi connectivity index (χ4v) is 3.00. The number of nitrogens with one attached hydrogen (secondary N) is 2. The van der Waals surface area contributed by atoms with Gasteiger partial charge in [-0.3, -0.25) is 14.4 Å². The molecule has 1 heterocycles. The summed E-state index contributed by atoms with van der Waals surface area (Å²) in [6.07, 6.45) is 4.96. The Labute approximate surface area is 188 Å². The van der Waals surface area contributed by atoms with Gasteiger partial charge < -0.3 is 30.6 Å². The van der Waals surface area contributed by atoms with Crippen LogP contribution in [0, 0.1) is 0 Å². The highest BCUT2D eigenvalue weighted by atomic mass is 16.5. The van der Waals surface area contributed by atoms with Crippen molar-refractivity contribution in [3.63, 3.8) is 0 Å². The van der Waals surface area contributed by atoms with Crippen molar-refractivity contribution in [2.75, 3.05) is 32.6 Å². The number of nitrogens with zero attached hydrogens (tertiary/aromatic N) is 3. The average Bonchev–Trinajstić information content (AvgIpc) is 3.23. The summed E-state index contributed by atoms with van der Waals surface area (Å²) in [4.78, 5) is 42.8. The van der Waals surface area contributed by atoms with Gasteiger partial charge in [-0.1, -0.05) is 25.5 Å². The Bertz CT molecular complexity index is 909. The molecular formula is C22H32N6O4. The van der Waals surface area contributed by atoms with Gasteiger partial charge in [0.1, 0.15) is 11.8 Å². The fraction of sp³-hybridized carbons (Fsp3) is 0.455. The number of imidazole rings is 1. The average molecular weight is 445 g/mol. The number of hydrogen-bond acceptors (Lipinski definition) is 6. The number of amides is 3. The number of anilines is 1. The molecule has 0 aliphatic carbocycles. The van der Waals surface area contributed by atoms with Crippen LogP contribution < -0.4 is 21.1 Å². The molecule has 0 radical (unpaired) electrons. The van der Waals surface area contributed by atoms with Crippen molar-refractivity contribution in [2.24, 2.45) is 5.73 Å². The molecule has 10 nitrogen and oxygen atoms in total. The number of carbonyl (C=O) groups is 3. The van der Waals surface area contributed by atoms with E-state index in [1.54, 1.807) is 42.0 Å². The Kier molecular flexibility index (Phi) is 9.21.